The average Bonchev–Trinajstić information content (AvgIpc) is 3.24. The molecule has 2 aromatic carbocycles. The maximum atomic E-state index is 12.8. The Labute approximate surface area is 211 Å². The van der Waals surface area contributed by atoms with Crippen molar-refractivity contribution in [3.63, 3.8) is 0 Å². The molecule has 0 spiro atoms. The zero-order chi connectivity index (χ0) is 24.0. The van der Waals surface area contributed by atoms with Gasteiger partial charge in [0.1, 0.15) is 10.7 Å². The Kier molecular flexibility index (Phi) is 8.97. The molecular formula is C23H23Cl3N4O2S. The molecule has 0 radical (unpaired) electrons. The molecule has 0 aliphatic heterocycles. The van der Waals surface area contributed by atoms with E-state index in [1.165, 1.54) is 11.3 Å². The Hall–Kier alpha value is -2.32. The van der Waals surface area contributed by atoms with Gasteiger partial charge in [0.15, 0.2) is 0 Å². The minimum atomic E-state index is -0.274. The fraction of sp³-hybridized carbons (Fsp3) is 0.261. The van der Waals surface area contributed by atoms with E-state index in [0.29, 0.717) is 44.4 Å². The van der Waals surface area contributed by atoms with Gasteiger partial charge in [-0.05, 0) is 62.2 Å². The van der Waals surface area contributed by atoms with Gasteiger partial charge < -0.3 is 15.5 Å². The fourth-order valence-electron chi connectivity index (χ4n) is 2.98. The molecule has 1 heterocycles. The standard InChI is InChI=1S/C23H23Cl3N4O2S/c1-14(2)30(23(32)28-18-7-5-16(24)6-8-18)12-21-29-20(13-33-21)22(31)27-10-9-15-3-4-17(25)11-19(15)26/h3-8,11,13-14H,9-10,12H2,1-2H3,(H,27,31)(H,28,32). The lowest BCUT2D eigenvalue weighted by Crippen LogP contribution is -2.39. The second kappa shape index (κ2) is 11.7. The number of anilines is 1. The van der Waals surface area contributed by atoms with E-state index in [9.17, 15) is 9.59 Å². The van der Waals surface area contributed by atoms with Crippen molar-refractivity contribution in [1.29, 1.82) is 0 Å². The number of carbonyl (C=O) groups excluding carboxylic acids is 2. The Morgan fingerprint density at radius 1 is 1.06 bits per heavy atom. The normalized spacial score (nSPS) is 10.8. The van der Waals surface area contributed by atoms with Crippen molar-refractivity contribution in [2.45, 2.75) is 32.9 Å². The molecule has 0 aliphatic carbocycles. The third kappa shape index (κ3) is 7.33. The lowest BCUT2D eigenvalue weighted by atomic mass is 10.1. The van der Waals surface area contributed by atoms with Crippen LogP contribution in [0, 0.1) is 0 Å². The van der Waals surface area contributed by atoms with E-state index in [1.54, 1.807) is 46.7 Å². The molecule has 3 amide bonds. The van der Waals surface area contributed by atoms with E-state index in [0.717, 1.165) is 5.56 Å². The minimum Gasteiger partial charge on any atom is -0.350 e. The molecule has 6 nitrogen and oxygen atoms in total. The van der Waals surface area contributed by atoms with Gasteiger partial charge >= 0.3 is 6.03 Å². The van der Waals surface area contributed by atoms with Crippen molar-refractivity contribution in [2.75, 3.05) is 11.9 Å². The molecule has 33 heavy (non-hydrogen) atoms. The first-order valence-electron chi connectivity index (χ1n) is 10.2. The number of nitrogens with one attached hydrogen (secondary N) is 2. The van der Waals surface area contributed by atoms with Crippen LogP contribution in [0.1, 0.15) is 34.9 Å². The predicted molar refractivity (Wildman–Crippen MR) is 136 cm³/mol. The smallest absolute Gasteiger partial charge is 0.322 e. The fourth-order valence-corrected chi connectivity index (χ4v) is 4.38. The lowest BCUT2D eigenvalue weighted by molar-refractivity contribution is 0.0949. The van der Waals surface area contributed by atoms with Gasteiger partial charge in [0.05, 0.1) is 6.54 Å². The van der Waals surface area contributed by atoms with Crippen LogP contribution in [0.2, 0.25) is 15.1 Å². The Balaban J connectivity index is 1.56. The Morgan fingerprint density at radius 3 is 2.42 bits per heavy atom. The van der Waals surface area contributed by atoms with Gasteiger partial charge in [-0.2, -0.15) is 0 Å². The lowest BCUT2D eigenvalue weighted by Gasteiger charge is -2.26. The van der Waals surface area contributed by atoms with Crippen LogP contribution in [0.15, 0.2) is 47.8 Å². The van der Waals surface area contributed by atoms with Gasteiger partial charge in [-0.25, -0.2) is 9.78 Å². The highest BCUT2D eigenvalue weighted by atomic mass is 35.5. The van der Waals surface area contributed by atoms with Crippen LogP contribution in [0.3, 0.4) is 0 Å². The summed E-state index contributed by atoms with van der Waals surface area (Å²) in [7, 11) is 0. The molecule has 0 bridgehead atoms. The van der Waals surface area contributed by atoms with Crippen LogP contribution >= 0.6 is 46.1 Å². The highest BCUT2D eigenvalue weighted by Gasteiger charge is 2.20. The number of aromatic nitrogens is 1. The van der Waals surface area contributed by atoms with Gasteiger partial charge in [-0.3, -0.25) is 4.79 Å². The summed E-state index contributed by atoms with van der Waals surface area (Å²) in [6, 6.07) is 11.9. The van der Waals surface area contributed by atoms with Gasteiger partial charge in [0, 0.05) is 38.7 Å². The second-order valence-corrected chi connectivity index (χ2v) is 9.75. The molecule has 2 N–H and O–H groups in total. The number of carbonyl (C=O) groups is 2. The first-order chi connectivity index (χ1) is 15.7. The van der Waals surface area contributed by atoms with E-state index in [4.69, 9.17) is 34.8 Å². The quantitative estimate of drug-likeness (QED) is 0.352. The maximum Gasteiger partial charge on any atom is 0.322 e. The summed E-state index contributed by atoms with van der Waals surface area (Å²) in [6.07, 6.45) is 0.574. The molecule has 0 saturated carbocycles. The SMILES string of the molecule is CC(C)N(Cc1nc(C(=O)NCCc2ccc(Cl)cc2Cl)cs1)C(=O)Nc1ccc(Cl)cc1. The number of thiazole rings is 1. The third-order valence-electron chi connectivity index (χ3n) is 4.76. The van der Waals surface area contributed by atoms with E-state index >= 15 is 0 Å². The van der Waals surface area contributed by atoms with Gasteiger partial charge in [-0.1, -0.05) is 40.9 Å². The minimum absolute atomic E-state index is 0.0670. The van der Waals surface area contributed by atoms with Gasteiger partial charge in [0.2, 0.25) is 0 Å². The molecule has 174 valence electrons. The number of amides is 3. The van der Waals surface area contributed by atoms with Crippen molar-refractivity contribution in [3.05, 3.63) is 79.2 Å². The van der Waals surface area contributed by atoms with Crippen LogP contribution in [-0.2, 0) is 13.0 Å². The van der Waals surface area contributed by atoms with Crippen LogP contribution in [0.4, 0.5) is 10.5 Å². The second-order valence-electron chi connectivity index (χ2n) is 7.53. The zero-order valence-corrected chi connectivity index (χ0v) is 21.2. The molecule has 3 rings (SSSR count). The van der Waals surface area contributed by atoms with Gasteiger partial charge in [0.25, 0.3) is 5.91 Å². The average molecular weight is 526 g/mol. The van der Waals surface area contributed by atoms with E-state index in [-0.39, 0.29) is 24.5 Å². The van der Waals surface area contributed by atoms with Crippen LogP contribution < -0.4 is 10.6 Å². The molecule has 10 heteroatoms. The van der Waals surface area contributed by atoms with Crippen molar-refractivity contribution < 1.29 is 9.59 Å². The Morgan fingerprint density at radius 2 is 1.76 bits per heavy atom. The Bertz CT molecular complexity index is 1120. The molecule has 0 fully saturated rings. The topological polar surface area (TPSA) is 74.3 Å². The monoisotopic (exact) mass is 524 g/mol. The predicted octanol–water partition coefficient (Wildman–Crippen LogP) is 6.52. The number of hydrogen-bond donors (Lipinski definition) is 2. The third-order valence-corrected chi connectivity index (χ3v) is 6.44. The summed E-state index contributed by atoms with van der Waals surface area (Å²) < 4.78 is 0. The van der Waals surface area contributed by atoms with Crippen molar-refractivity contribution in [3.8, 4) is 0 Å². The number of benzene rings is 2. The zero-order valence-electron chi connectivity index (χ0n) is 18.1. The van der Waals surface area contributed by atoms with Crippen LogP contribution in [-0.4, -0.2) is 34.4 Å². The molecule has 0 aliphatic rings. The highest BCUT2D eigenvalue weighted by molar-refractivity contribution is 7.09. The van der Waals surface area contributed by atoms with Gasteiger partial charge in [-0.15, -0.1) is 11.3 Å². The number of nitrogens with zero attached hydrogens (tertiary/aromatic N) is 2. The largest absolute Gasteiger partial charge is 0.350 e. The number of urea groups is 1. The van der Waals surface area contributed by atoms with Crippen molar-refractivity contribution in [1.82, 2.24) is 15.2 Å². The first kappa shape index (κ1) is 25.3. The molecule has 3 aromatic rings. The number of hydrogen-bond acceptors (Lipinski definition) is 4. The van der Waals surface area contributed by atoms with E-state index in [1.807, 2.05) is 19.9 Å². The number of halogens is 3. The number of rotatable bonds is 8. The summed E-state index contributed by atoms with van der Waals surface area (Å²) in [6.45, 7) is 4.54. The summed E-state index contributed by atoms with van der Waals surface area (Å²) in [5.74, 6) is -0.274. The highest BCUT2D eigenvalue weighted by Crippen LogP contribution is 2.21. The van der Waals surface area contributed by atoms with Crippen molar-refractivity contribution >= 4 is 63.8 Å². The molecule has 0 unspecified atom stereocenters. The molecular weight excluding hydrogens is 503 g/mol. The van der Waals surface area contributed by atoms with E-state index < -0.39 is 0 Å². The van der Waals surface area contributed by atoms with Crippen molar-refractivity contribution in [2.24, 2.45) is 0 Å². The molecule has 0 atom stereocenters. The molecule has 1 aromatic heterocycles. The summed E-state index contributed by atoms with van der Waals surface area (Å²) in [4.78, 5) is 31.3. The van der Waals surface area contributed by atoms with Crippen LogP contribution in [0.5, 0.6) is 0 Å². The van der Waals surface area contributed by atoms with E-state index in [2.05, 4.69) is 15.6 Å². The molecule has 0 saturated heterocycles. The van der Waals surface area contributed by atoms with Crippen LogP contribution in [0.25, 0.3) is 0 Å². The first-order valence-corrected chi connectivity index (χ1v) is 12.2. The summed E-state index contributed by atoms with van der Waals surface area (Å²) in [5, 5.41) is 9.80. The summed E-state index contributed by atoms with van der Waals surface area (Å²) in [5.41, 5.74) is 1.87. The maximum absolute atomic E-state index is 12.8. The summed E-state index contributed by atoms with van der Waals surface area (Å²) >= 11 is 19.3.